The molecule has 1 aliphatic heterocycles. The van der Waals surface area contributed by atoms with Gasteiger partial charge >= 0.3 is 0 Å². The second-order valence-corrected chi connectivity index (χ2v) is 6.28. The van der Waals surface area contributed by atoms with Gasteiger partial charge in [0.2, 0.25) is 0 Å². The van der Waals surface area contributed by atoms with E-state index in [0.717, 1.165) is 13.1 Å². The van der Waals surface area contributed by atoms with Crippen molar-refractivity contribution in [3.05, 3.63) is 47.5 Å². The second kappa shape index (κ2) is 5.08. The Morgan fingerprint density at radius 3 is 2.21 bits per heavy atom. The van der Waals surface area contributed by atoms with Crippen LogP contribution in [0.3, 0.4) is 0 Å². The van der Waals surface area contributed by atoms with Gasteiger partial charge in [0.1, 0.15) is 0 Å². The van der Waals surface area contributed by atoms with Gasteiger partial charge in [0.25, 0.3) is 0 Å². The molecule has 0 fully saturated rings. The minimum atomic E-state index is -0.312. The van der Waals surface area contributed by atoms with Gasteiger partial charge in [-0.1, -0.05) is 36.4 Å². The summed E-state index contributed by atoms with van der Waals surface area (Å²) in [4.78, 5) is 0. The molecule has 0 bridgehead atoms. The lowest BCUT2D eigenvalue weighted by Gasteiger charge is -2.36. The SMILES string of the molecule is CC1(C)C=C(CNCc2ccccc2)C(C)(C)N1O. The fourth-order valence-corrected chi connectivity index (χ4v) is 2.73. The largest absolute Gasteiger partial charge is 0.312 e. The highest BCUT2D eigenvalue weighted by Gasteiger charge is 2.44. The Morgan fingerprint density at radius 2 is 1.68 bits per heavy atom. The summed E-state index contributed by atoms with van der Waals surface area (Å²) in [7, 11) is 0. The topological polar surface area (TPSA) is 35.5 Å². The molecule has 1 aromatic rings. The molecular formula is C16H24N2O. The van der Waals surface area contributed by atoms with Crippen LogP contribution in [0.4, 0.5) is 0 Å². The molecule has 104 valence electrons. The molecule has 0 saturated heterocycles. The van der Waals surface area contributed by atoms with Gasteiger partial charge in [0.05, 0.1) is 11.1 Å². The van der Waals surface area contributed by atoms with E-state index in [1.54, 1.807) is 0 Å². The maximum atomic E-state index is 10.2. The van der Waals surface area contributed by atoms with Crippen LogP contribution < -0.4 is 5.32 Å². The highest BCUT2D eigenvalue weighted by molar-refractivity contribution is 5.30. The molecule has 1 aliphatic rings. The number of nitrogens with one attached hydrogen (secondary N) is 1. The Bertz CT molecular complexity index is 463. The Hall–Kier alpha value is -1.16. The first kappa shape index (κ1) is 14.3. The molecule has 19 heavy (non-hydrogen) atoms. The van der Waals surface area contributed by atoms with E-state index in [0.29, 0.717) is 0 Å². The van der Waals surface area contributed by atoms with E-state index in [2.05, 4.69) is 37.4 Å². The first-order valence-corrected chi connectivity index (χ1v) is 6.80. The molecule has 2 N–H and O–H groups in total. The summed E-state index contributed by atoms with van der Waals surface area (Å²) in [6, 6.07) is 10.4. The summed E-state index contributed by atoms with van der Waals surface area (Å²) >= 11 is 0. The van der Waals surface area contributed by atoms with Crippen molar-refractivity contribution in [3.8, 4) is 0 Å². The van der Waals surface area contributed by atoms with Gasteiger partial charge in [-0.05, 0) is 38.8 Å². The third-order valence-electron chi connectivity index (χ3n) is 3.88. The zero-order chi connectivity index (χ0) is 14.1. The molecule has 2 rings (SSSR count). The van der Waals surface area contributed by atoms with Gasteiger partial charge in [-0.2, -0.15) is 5.06 Å². The zero-order valence-corrected chi connectivity index (χ0v) is 12.3. The van der Waals surface area contributed by atoms with Crippen molar-refractivity contribution in [2.45, 2.75) is 45.3 Å². The predicted octanol–water partition coefficient (Wildman–Crippen LogP) is 2.96. The highest BCUT2D eigenvalue weighted by atomic mass is 16.5. The minimum absolute atomic E-state index is 0.298. The Labute approximate surface area is 115 Å². The number of rotatable bonds is 4. The van der Waals surface area contributed by atoms with Crippen LogP contribution in [0.1, 0.15) is 33.3 Å². The molecule has 0 amide bonds. The summed E-state index contributed by atoms with van der Waals surface area (Å²) in [5, 5.41) is 15.1. The average molecular weight is 260 g/mol. The number of benzene rings is 1. The highest BCUT2D eigenvalue weighted by Crippen LogP contribution is 2.37. The Balaban J connectivity index is 1.97. The van der Waals surface area contributed by atoms with Gasteiger partial charge in [-0.15, -0.1) is 0 Å². The van der Waals surface area contributed by atoms with E-state index in [-0.39, 0.29) is 11.1 Å². The van der Waals surface area contributed by atoms with Crippen molar-refractivity contribution >= 4 is 0 Å². The first-order valence-electron chi connectivity index (χ1n) is 6.80. The van der Waals surface area contributed by atoms with E-state index in [4.69, 9.17) is 0 Å². The van der Waals surface area contributed by atoms with Crippen molar-refractivity contribution < 1.29 is 5.21 Å². The predicted molar refractivity (Wildman–Crippen MR) is 78.0 cm³/mol. The molecule has 0 spiro atoms. The van der Waals surface area contributed by atoms with Gasteiger partial charge < -0.3 is 10.5 Å². The summed E-state index contributed by atoms with van der Waals surface area (Å²) in [6.45, 7) is 9.80. The lowest BCUT2D eigenvalue weighted by atomic mass is 9.96. The van der Waals surface area contributed by atoms with Gasteiger partial charge in [0.15, 0.2) is 0 Å². The molecule has 3 nitrogen and oxygen atoms in total. The van der Waals surface area contributed by atoms with Crippen LogP contribution in [0.2, 0.25) is 0 Å². The van der Waals surface area contributed by atoms with Crippen LogP contribution in [0.25, 0.3) is 0 Å². The van der Waals surface area contributed by atoms with E-state index in [1.807, 2.05) is 32.0 Å². The molecule has 0 radical (unpaired) electrons. The van der Waals surface area contributed by atoms with Crippen LogP contribution in [0.5, 0.6) is 0 Å². The maximum absolute atomic E-state index is 10.2. The summed E-state index contributed by atoms with van der Waals surface area (Å²) < 4.78 is 0. The Morgan fingerprint density at radius 1 is 1.05 bits per heavy atom. The standard InChI is InChI=1S/C16H24N2O/c1-15(2)10-14(16(3,4)18(15)19)12-17-11-13-8-6-5-7-9-13/h5-10,17,19H,11-12H2,1-4H3. The van der Waals surface area contributed by atoms with Crippen molar-refractivity contribution in [1.29, 1.82) is 0 Å². The third kappa shape index (κ3) is 2.89. The number of hydrogen-bond acceptors (Lipinski definition) is 3. The fourth-order valence-electron chi connectivity index (χ4n) is 2.73. The van der Waals surface area contributed by atoms with E-state index in [1.165, 1.54) is 16.2 Å². The lowest BCUT2D eigenvalue weighted by Crippen LogP contribution is -2.48. The first-order chi connectivity index (χ1) is 8.84. The molecule has 0 aliphatic carbocycles. The molecule has 0 saturated carbocycles. The zero-order valence-electron chi connectivity index (χ0n) is 12.3. The van der Waals surface area contributed by atoms with E-state index < -0.39 is 0 Å². The summed E-state index contributed by atoms with van der Waals surface area (Å²) in [6.07, 6.45) is 2.16. The van der Waals surface area contributed by atoms with Crippen molar-refractivity contribution in [2.75, 3.05) is 6.54 Å². The molecule has 0 atom stereocenters. The maximum Gasteiger partial charge on any atom is 0.0635 e. The minimum Gasteiger partial charge on any atom is -0.312 e. The van der Waals surface area contributed by atoms with Crippen LogP contribution in [0, 0.1) is 0 Å². The van der Waals surface area contributed by atoms with Gasteiger partial charge in [0, 0.05) is 13.1 Å². The number of nitrogens with zero attached hydrogens (tertiary/aromatic N) is 1. The molecule has 0 aromatic heterocycles. The van der Waals surface area contributed by atoms with Gasteiger partial charge in [-0.3, -0.25) is 0 Å². The average Bonchev–Trinajstić information content (AvgIpc) is 2.51. The van der Waals surface area contributed by atoms with Crippen LogP contribution in [-0.2, 0) is 6.54 Å². The van der Waals surface area contributed by atoms with Crippen LogP contribution >= 0.6 is 0 Å². The molecule has 3 heteroatoms. The number of hydrogen-bond donors (Lipinski definition) is 2. The monoisotopic (exact) mass is 260 g/mol. The lowest BCUT2D eigenvalue weighted by molar-refractivity contribution is -0.185. The number of hydroxylamine groups is 2. The molecular weight excluding hydrogens is 236 g/mol. The van der Waals surface area contributed by atoms with E-state index in [9.17, 15) is 5.21 Å². The normalized spacial score (nSPS) is 21.4. The Kier molecular flexibility index (Phi) is 3.81. The van der Waals surface area contributed by atoms with Gasteiger partial charge in [-0.25, -0.2) is 0 Å². The van der Waals surface area contributed by atoms with Crippen LogP contribution in [-0.4, -0.2) is 27.9 Å². The van der Waals surface area contributed by atoms with Crippen molar-refractivity contribution in [3.63, 3.8) is 0 Å². The van der Waals surface area contributed by atoms with Crippen molar-refractivity contribution in [1.82, 2.24) is 10.4 Å². The third-order valence-corrected chi connectivity index (χ3v) is 3.88. The summed E-state index contributed by atoms with van der Waals surface area (Å²) in [5.41, 5.74) is 1.90. The second-order valence-electron chi connectivity index (χ2n) is 6.28. The smallest absolute Gasteiger partial charge is 0.0635 e. The summed E-state index contributed by atoms with van der Waals surface area (Å²) in [5.74, 6) is 0. The quantitative estimate of drug-likeness (QED) is 0.817. The fraction of sp³-hybridized carbons (Fsp3) is 0.500. The molecule has 1 aromatic carbocycles. The molecule has 1 heterocycles. The van der Waals surface area contributed by atoms with Crippen LogP contribution in [0.15, 0.2) is 42.0 Å². The van der Waals surface area contributed by atoms with E-state index >= 15 is 0 Å². The molecule has 0 unspecified atom stereocenters. The van der Waals surface area contributed by atoms with Crippen molar-refractivity contribution in [2.24, 2.45) is 0 Å².